The molecule has 1 amide bonds. The minimum atomic E-state index is -4.37. The Labute approximate surface area is 115 Å². The molecule has 2 heterocycles. The summed E-state index contributed by atoms with van der Waals surface area (Å²) in [6, 6.07) is 3.71. The third kappa shape index (κ3) is 1.94. The third-order valence-corrected chi connectivity index (χ3v) is 4.09. The number of nitrogens with zero attached hydrogens (tertiary/aromatic N) is 2. The molecule has 0 radical (unpaired) electrons. The zero-order valence-electron chi connectivity index (χ0n) is 11.1. The van der Waals surface area contributed by atoms with Gasteiger partial charge in [0.2, 0.25) is 5.91 Å². The molecule has 2 aliphatic rings. The number of halogens is 3. The van der Waals surface area contributed by atoms with Crippen LogP contribution >= 0.6 is 0 Å². The van der Waals surface area contributed by atoms with Gasteiger partial charge in [-0.15, -0.1) is 0 Å². The lowest BCUT2D eigenvalue weighted by atomic mass is 10.0. The van der Waals surface area contributed by atoms with Crippen LogP contribution < -0.4 is 4.90 Å². The molecule has 1 fully saturated rings. The van der Waals surface area contributed by atoms with Gasteiger partial charge in [-0.1, -0.05) is 6.07 Å². The molecule has 1 saturated heterocycles. The minimum Gasteiger partial charge on any atom is -0.359 e. The van der Waals surface area contributed by atoms with Crippen LogP contribution in [0.25, 0.3) is 0 Å². The molecule has 1 atom stereocenters. The van der Waals surface area contributed by atoms with E-state index in [1.807, 2.05) is 4.90 Å². The average molecular weight is 284 g/mol. The Hall–Kier alpha value is -1.72. The van der Waals surface area contributed by atoms with Crippen molar-refractivity contribution in [2.75, 3.05) is 25.0 Å². The van der Waals surface area contributed by atoms with Crippen LogP contribution in [0, 0.1) is 0 Å². The maximum Gasteiger partial charge on any atom is 0.416 e. The van der Waals surface area contributed by atoms with Gasteiger partial charge >= 0.3 is 6.18 Å². The normalized spacial score (nSPS) is 22.6. The zero-order chi connectivity index (χ0) is 14.5. The lowest BCUT2D eigenvalue weighted by Crippen LogP contribution is -2.42. The van der Waals surface area contributed by atoms with Crippen molar-refractivity contribution in [1.82, 2.24) is 4.90 Å². The number of amides is 1. The number of rotatable bonds is 0. The Morgan fingerprint density at radius 3 is 2.70 bits per heavy atom. The van der Waals surface area contributed by atoms with Crippen molar-refractivity contribution >= 4 is 11.6 Å². The average Bonchev–Trinajstić information content (AvgIpc) is 2.68. The summed E-state index contributed by atoms with van der Waals surface area (Å²) in [7, 11) is 1.71. The van der Waals surface area contributed by atoms with Crippen LogP contribution in [-0.2, 0) is 17.4 Å². The molecule has 2 aliphatic heterocycles. The number of carbonyl (C=O) groups is 1. The third-order valence-electron chi connectivity index (χ3n) is 4.09. The smallest absolute Gasteiger partial charge is 0.359 e. The number of carbonyl (C=O) groups excluding carboxylic acids is 1. The largest absolute Gasteiger partial charge is 0.416 e. The van der Waals surface area contributed by atoms with E-state index in [0.717, 1.165) is 12.5 Å². The van der Waals surface area contributed by atoms with E-state index in [2.05, 4.69) is 0 Å². The van der Waals surface area contributed by atoms with Gasteiger partial charge in [0.15, 0.2) is 0 Å². The van der Waals surface area contributed by atoms with Gasteiger partial charge in [0.1, 0.15) is 6.04 Å². The number of benzene rings is 1. The van der Waals surface area contributed by atoms with Gasteiger partial charge in [-0.3, -0.25) is 4.79 Å². The van der Waals surface area contributed by atoms with Crippen molar-refractivity contribution in [2.24, 2.45) is 0 Å². The molecular formula is C14H15F3N2O. The highest BCUT2D eigenvalue weighted by molar-refractivity contribution is 5.89. The molecule has 3 rings (SSSR count). The Bertz CT molecular complexity index is 556. The highest BCUT2D eigenvalue weighted by Gasteiger charge is 2.43. The molecular weight excluding hydrogens is 269 g/mol. The van der Waals surface area contributed by atoms with E-state index in [4.69, 9.17) is 0 Å². The maximum atomic E-state index is 13.1. The summed E-state index contributed by atoms with van der Waals surface area (Å²) in [6.07, 6.45) is -3.45. The molecule has 0 aliphatic carbocycles. The van der Waals surface area contributed by atoms with Gasteiger partial charge in [-0.25, -0.2) is 0 Å². The summed E-state index contributed by atoms with van der Waals surface area (Å²) < 4.78 is 39.2. The Morgan fingerprint density at radius 2 is 2.00 bits per heavy atom. The monoisotopic (exact) mass is 284 g/mol. The predicted octanol–water partition coefficient (Wildman–Crippen LogP) is 2.30. The molecule has 1 aromatic carbocycles. The summed E-state index contributed by atoms with van der Waals surface area (Å²) in [5.41, 5.74) is 0.209. The second-order valence-corrected chi connectivity index (χ2v) is 5.33. The molecule has 0 N–H and O–H groups in total. The van der Waals surface area contributed by atoms with Crippen LogP contribution in [0.4, 0.5) is 18.9 Å². The van der Waals surface area contributed by atoms with Crippen LogP contribution in [0.2, 0.25) is 0 Å². The molecule has 0 saturated carbocycles. The van der Waals surface area contributed by atoms with Crippen molar-refractivity contribution in [3.63, 3.8) is 0 Å². The molecule has 1 aromatic rings. The van der Waals surface area contributed by atoms with Crippen LogP contribution in [-0.4, -0.2) is 37.0 Å². The fourth-order valence-electron chi connectivity index (χ4n) is 3.13. The quantitative estimate of drug-likeness (QED) is 0.730. The molecule has 0 bridgehead atoms. The van der Waals surface area contributed by atoms with E-state index in [1.165, 1.54) is 6.07 Å². The van der Waals surface area contributed by atoms with Crippen LogP contribution in [0.3, 0.4) is 0 Å². The second-order valence-electron chi connectivity index (χ2n) is 5.33. The Kier molecular flexibility index (Phi) is 2.92. The second kappa shape index (κ2) is 4.40. The van der Waals surface area contributed by atoms with Crippen LogP contribution in [0.5, 0.6) is 0 Å². The Morgan fingerprint density at radius 1 is 1.25 bits per heavy atom. The molecule has 108 valence electrons. The van der Waals surface area contributed by atoms with E-state index in [0.29, 0.717) is 18.8 Å². The lowest BCUT2D eigenvalue weighted by Gasteiger charge is -2.24. The fourth-order valence-corrected chi connectivity index (χ4v) is 3.13. The molecule has 6 heteroatoms. The van der Waals surface area contributed by atoms with E-state index in [1.54, 1.807) is 18.0 Å². The highest BCUT2D eigenvalue weighted by Crippen LogP contribution is 2.42. The summed E-state index contributed by atoms with van der Waals surface area (Å²) in [4.78, 5) is 15.7. The summed E-state index contributed by atoms with van der Waals surface area (Å²) in [5.74, 6) is -0.0909. The maximum absolute atomic E-state index is 13.1. The number of likely N-dealkylation sites (N-methyl/N-ethyl adjacent to an activating group) is 1. The van der Waals surface area contributed by atoms with Gasteiger partial charge in [-0.05, 0) is 24.1 Å². The molecule has 0 aromatic heterocycles. The topological polar surface area (TPSA) is 23.6 Å². The Balaban J connectivity index is 2.06. The van der Waals surface area contributed by atoms with Gasteiger partial charge in [0.05, 0.1) is 5.56 Å². The molecule has 3 nitrogen and oxygen atoms in total. The van der Waals surface area contributed by atoms with Gasteiger partial charge < -0.3 is 9.80 Å². The fraction of sp³-hybridized carbons (Fsp3) is 0.500. The lowest BCUT2D eigenvalue weighted by molar-refractivity contribution is -0.138. The molecule has 0 spiro atoms. The minimum absolute atomic E-state index is 0.0909. The van der Waals surface area contributed by atoms with Gasteiger partial charge in [0, 0.05) is 32.2 Å². The summed E-state index contributed by atoms with van der Waals surface area (Å²) >= 11 is 0. The highest BCUT2D eigenvalue weighted by atomic mass is 19.4. The number of fused-ring (bicyclic) bond motifs is 3. The number of anilines is 1. The predicted molar refractivity (Wildman–Crippen MR) is 68.5 cm³/mol. The van der Waals surface area contributed by atoms with E-state index in [9.17, 15) is 18.0 Å². The van der Waals surface area contributed by atoms with Crippen molar-refractivity contribution in [3.8, 4) is 0 Å². The molecule has 1 unspecified atom stereocenters. The first-order valence-corrected chi connectivity index (χ1v) is 6.60. The first kappa shape index (κ1) is 13.3. The van der Waals surface area contributed by atoms with Crippen molar-refractivity contribution in [2.45, 2.75) is 25.1 Å². The number of alkyl halides is 3. The van der Waals surface area contributed by atoms with E-state index >= 15 is 0 Å². The summed E-state index contributed by atoms with van der Waals surface area (Å²) in [6.45, 7) is 1.27. The van der Waals surface area contributed by atoms with E-state index in [-0.39, 0.29) is 17.9 Å². The van der Waals surface area contributed by atoms with Gasteiger partial charge in [0.25, 0.3) is 0 Å². The number of hydrogen-bond donors (Lipinski definition) is 0. The van der Waals surface area contributed by atoms with Crippen molar-refractivity contribution in [3.05, 3.63) is 29.3 Å². The molecule has 20 heavy (non-hydrogen) atoms. The zero-order valence-corrected chi connectivity index (χ0v) is 11.1. The van der Waals surface area contributed by atoms with Crippen molar-refractivity contribution < 1.29 is 18.0 Å². The van der Waals surface area contributed by atoms with Gasteiger partial charge in [-0.2, -0.15) is 13.2 Å². The first-order chi connectivity index (χ1) is 9.39. The van der Waals surface area contributed by atoms with E-state index < -0.39 is 17.8 Å². The van der Waals surface area contributed by atoms with Crippen LogP contribution in [0.1, 0.15) is 17.5 Å². The SMILES string of the molecule is CN1CCCN2c3cccc(C(F)(F)F)c3CC2C1=O. The number of hydrogen-bond acceptors (Lipinski definition) is 2. The summed E-state index contributed by atoms with van der Waals surface area (Å²) in [5, 5.41) is 0. The van der Waals surface area contributed by atoms with Crippen molar-refractivity contribution in [1.29, 1.82) is 0 Å². The first-order valence-electron chi connectivity index (χ1n) is 6.60. The standard InChI is InChI=1S/C14H15F3N2O/c1-18-6-3-7-19-11-5-2-4-10(14(15,16)17)9(11)8-12(19)13(18)20/h2,4-5,12H,3,6-8H2,1H3. The van der Waals surface area contributed by atoms with Crippen LogP contribution in [0.15, 0.2) is 18.2 Å².